The normalized spacial score (nSPS) is 17.6. The number of hydrogen-bond donors (Lipinski definition) is 1. The molecule has 0 aromatic heterocycles. The monoisotopic (exact) mass is 441 g/mol. The Hall–Kier alpha value is -3.47. The Bertz CT molecular complexity index is 1340. The Labute approximate surface area is 190 Å². The molecular formula is C27H20ClNO3. The Morgan fingerprint density at radius 1 is 0.875 bits per heavy atom. The number of nitrogens with zero attached hydrogens (tertiary/aromatic N) is 1. The van der Waals surface area contributed by atoms with Crippen LogP contribution in [0, 0.1) is 0 Å². The number of rotatable bonds is 5. The van der Waals surface area contributed by atoms with Gasteiger partial charge in [-0.1, -0.05) is 72.3 Å². The maximum Gasteiger partial charge on any atom is 0.264 e. The molecule has 158 valence electrons. The number of carbonyl (C=O) groups excluding carboxylic acids is 2. The van der Waals surface area contributed by atoms with Gasteiger partial charge in [0.05, 0.1) is 18.7 Å². The van der Waals surface area contributed by atoms with E-state index in [1.165, 1.54) is 0 Å². The largest absolute Gasteiger partial charge is 0.375 e. The number of anilines is 1. The fraction of sp³-hybridized carbons (Fsp3) is 0.111. The molecule has 0 aliphatic carbocycles. The van der Waals surface area contributed by atoms with Crippen molar-refractivity contribution in [3.63, 3.8) is 0 Å². The molecular weight excluding hydrogens is 422 g/mol. The summed E-state index contributed by atoms with van der Waals surface area (Å²) in [6.07, 6.45) is -0.337. The van der Waals surface area contributed by atoms with Gasteiger partial charge in [0.25, 0.3) is 5.91 Å². The third-order valence-electron chi connectivity index (χ3n) is 6.03. The van der Waals surface area contributed by atoms with Crippen LogP contribution in [-0.4, -0.2) is 16.8 Å². The first-order valence-corrected chi connectivity index (χ1v) is 10.7. The molecule has 0 spiro atoms. The van der Waals surface area contributed by atoms with Crippen LogP contribution in [0.5, 0.6) is 0 Å². The maximum absolute atomic E-state index is 13.5. The zero-order valence-corrected chi connectivity index (χ0v) is 17.9. The van der Waals surface area contributed by atoms with E-state index in [-0.39, 0.29) is 12.2 Å². The van der Waals surface area contributed by atoms with E-state index < -0.39 is 11.5 Å². The van der Waals surface area contributed by atoms with Crippen molar-refractivity contribution < 1.29 is 14.7 Å². The highest BCUT2D eigenvalue weighted by atomic mass is 35.5. The van der Waals surface area contributed by atoms with E-state index in [9.17, 15) is 14.7 Å². The summed E-state index contributed by atoms with van der Waals surface area (Å²) in [5.41, 5.74) is 0.530. The lowest BCUT2D eigenvalue weighted by Crippen LogP contribution is -2.41. The SMILES string of the molecule is O=C(C[C@@]1(O)C(=O)N(Cc2cccc3ccccc23)c2ccccc21)c1ccc(Cl)cc1. The number of para-hydroxylation sites is 1. The first-order chi connectivity index (χ1) is 15.5. The van der Waals surface area contributed by atoms with Crippen LogP contribution in [0.25, 0.3) is 10.8 Å². The molecule has 5 rings (SSSR count). The number of benzene rings is 4. The number of fused-ring (bicyclic) bond motifs is 2. The molecule has 1 aliphatic rings. The molecule has 0 unspecified atom stereocenters. The molecule has 0 bridgehead atoms. The first-order valence-electron chi connectivity index (χ1n) is 10.4. The predicted octanol–water partition coefficient (Wildman–Crippen LogP) is 5.50. The van der Waals surface area contributed by atoms with Gasteiger partial charge in [0.1, 0.15) is 0 Å². The van der Waals surface area contributed by atoms with Gasteiger partial charge in [0.2, 0.25) is 0 Å². The first kappa shape index (κ1) is 20.4. The third-order valence-corrected chi connectivity index (χ3v) is 6.28. The molecule has 1 aliphatic heterocycles. The molecule has 1 atom stereocenters. The summed E-state index contributed by atoms with van der Waals surface area (Å²) in [6, 6.07) is 27.5. The average molecular weight is 442 g/mol. The summed E-state index contributed by atoms with van der Waals surface area (Å²) in [5.74, 6) is -0.812. The topological polar surface area (TPSA) is 57.6 Å². The average Bonchev–Trinajstić information content (AvgIpc) is 3.01. The van der Waals surface area contributed by atoms with Crippen LogP contribution in [0.2, 0.25) is 5.02 Å². The molecule has 1 amide bonds. The van der Waals surface area contributed by atoms with Gasteiger partial charge < -0.3 is 10.0 Å². The van der Waals surface area contributed by atoms with E-state index in [2.05, 4.69) is 0 Å². The minimum Gasteiger partial charge on any atom is -0.375 e. The number of carbonyl (C=O) groups is 2. The molecule has 0 radical (unpaired) electrons. The Kier molecular flexibility index (Phi) is 5.04. The van der Waals surface area contributed by atoms with Gasteiger partial charge in [0, 0.05) is 16.1 Å². The fourth-order valence-electron chi connectivity index (χ4n) is 4.41. The zero-order valence-electron chi connectivity index (χ0n) is 17.2. The summed E-state index contributed by atoms with van der Waals surface area (Å²) in [4.78, 5) is 28.1. The highest BCUT2D eigenvalue weighted by molar-refractivity contribution is 6.30. The van der Waals surface area contributed by atoms with Gasteiger partial charge >= 0.3 is 0 Å². The van der Waals surface area contributed by atoms with Crippen LogP contribution in [0.3, 0.4) is 0 Å². The smallest absolute Gasteiger partial charge is 0.264 e. The lowest BCUT2D eigenvalue weighted by atomic mass is 9.88. The molecule has 1 heterocycles. The molecule has 5 heteroatoms. The van der Waals surface area contributed by atoms with Crippen molar-refractivity contribution in [3.05, 3.63) is 113 Å². The van der Waals surface area contributed by atoms with Gasteiger partial charge in [-0.05, 0) is 46.7 Å². The summed E-state index contributed by atoms with van der Waals surface area (Å²) in [6.45, 7) is 0.300. The standard InChI is InChI=1S/C27H20ClNO3/c28-21-14-12-19(13-15-21)25(30)16-27(32)23-10-3-4-11-24(23)29(26(27)31)17-20-8-5-7-18-6-1-2-9-22(18)20/h1-15,32H,16-17H2/t27-/m0/s1. The van der Waals surface area contributed by atoms with Crippen molar-refractivity contribution in [1.29, 1.82) is 0 Å². The van der Waals surface area contributed by atoms with Crippen molar-refractivity contribution in [2.45, 2.75) is 18.6 Å². The summed E-state index contributed by atoms with van der Waals surface area (Å²) in [7, 11) is 0. The highest BCUT2D eigenvalue weighted by Gasteiger charge is 2.50. The number of amides is 1. The zero-order chi connectivity index (χ0) is 22.3. The van der Waals surface area contributed by atoms with E-state index in [1.807, 2.05) is 54.6 Å². The number of aliphatic hydroxyl groups is 1. The molecule has 32 heavy (non-hydrogen) atoms. The van der Waals surface area contributed by atoms with Gasteiger partial charge in [-0.15, -0.1) is 0 Å². The van der Waals surface area contributed by atoms with E-state index in [0.717, 1.165) is 16.3 Å². The van der Waals surface area contributed by atoms with Gasteiger partial charge in [-0.3, -0.25) is 9.59 Å². The van der Waals surface area contributed by atoms with Crippen molar-refractivity contribution >= 4 is 39.8 Å². The number of Topliss-reactive ketones (excluding diaryl/α,β-unsaturated/α-hetero) is 1. The van der Waals surface area contributed by atoms with Crippen LogP contribution < -0.4 is 4.90 Å². The van der Waals surface area contributed by atoms with E-state index >= 15 is 0 Å². The van der Waals surface area contributed by atoms with Gasteiger partial charge in [-0.2, -0.15) is 0 Å². The fourth-order valence-corrected chi connectivity index (χ4v) is 4.53. The predicted molar refractivity (Wildman–Crippen MR) is 126 cm³/mol. The second kappa shape index (κ2) is 7.90. The van der Waals surface area contributed by atoms with Crippen LogP contribution in [0.15, 0.2) is 91.0 Å². The number of hydrogen-bond acceptors (Lipinski definition) is 3. The third kappa shape index (κ3) is 3.38. The molecule has 4 aromatic rings. The van der Waals surface area contributed by atoms with Crippen LogP contribution in [-0.2, 0) is 16.9 Å². The molecule has 4 aromatic carbocycles. The van der Waals surface area contributed by atoms with Crippen molar-refractivity contribution in [1.82, 2.24) is 0 Å². The molecule has 0 saturated heterocycles. The summed E-state index contributed by atoms with van der Waals surface area (Å²) in [5, 5.41) is 14.2. The quantitative estimate of drug-likeness (QED) is 0.416. The van der Waals surface area contributed by atoms with Crippen LogP contribution >= 0.6 is 11.6 Å². The molecule has 0 fully saturated rings. The van der Waals surface area contributed by atoms with Crippen molar-refractivity contribution in [3.8, 4) is 0 Å². The van der Waals surface area contributed by atoms with Gasteiger partial charge in [0.15, 0.2) is 11.4 Å². The minimum atomic E-state index is -1.92. The maximum atomic E-state index is 13.5. The Balaban J connectivity index is 1.51. The molecule has 4 nitrogen and oxygen atoms in total. The van der Waals surface area contributed by atoms with Crippen LogP contribution in [0.1, 0.15) is 27.9 Å². The van der Waals surface area contributed by atoms with Crippen LogP contribution in [0.4, 0.5) is 5.69 Å². The van der Waals surface area contributed by atoms with E-state index in [0.29, 0.717) is 28.4 Å². The lowest BCUT2D eigenvalue weighted by molar-refractivity contribution is -0.136. The van der Waals surface area contributed by atoms with E-state index in [1.54, 1.807) is 41.3 Å². The molecule has 1 N–H and O–H groups in total. The minimum absolute atomic E-state index is 0.300. The number of ketones is 1. The molecule has 0 saturated carbocycles. The highest BCUT2D eigenvalue weighted by Crippen LogP contribution is 2.43. The van der Waals surface area contributed by atoms with Gasteiger partial charge in [-0.25, -0.2) is 0 Å². The summed E-state index contributed by atoms with van der Waals surface area (Å²) >= 11 is 5.92. The van der Waals surface area contributed by atoms with Crippen molar-refractivity contribution in [2.24, 2.45) is 0 Å². The Morgan fingerprint density at radius 2 is 1.56 bits per heavy atom. The summed E-state index contributed by atoms with van der Waals surface area (Å²) < 4.78 is 0. The Morgan fingerprint density at radius 3 is 2.38 bits per heavy atom. The second-order valence-electron chi connectivity index (χ2n) is 8.01. The lowest BCUT2D eigenvalue weighted by Gasteiger charge is -2.23. The number of halogens is 1. The van der Waals surface area contributed by atoms with Crippen molar-refractivity contribution in [2.75, 3.05) is 4.90 Å². The van der Waals surface area contributed by atoms with E-state index in [4.69, 9.17) is 11.6 Å². The second-order valence-corrected chi connectivity index (χ2v) is 8.45.